The average molecular weight is 437 g/mol. The summed E-state index contributed by atoms with van der Waals surface area (Å²) in [4.78, 5) is 22.2. The number of rotatable bonds is 6. The molecule has 0 atom stereocenters. The second-order valence-electron chi connectivity index (χ2n) is 7.73. The number of likely N-dealkylation sites (N-methyl/N-ethyl adjacent to an activating group) is 1. The molecule has 32 heavy (non-hydrogen) atoms. The predicted molar refractivity (Wildman–Crippen MR) is 124 cm³/mol. The van der Waals surface area contributed by atoms with Gasteiger partial charge < -0.3 is 24.6 Å². The van der Waals surface area contributed by atoms with E-state index in [1.165, 1.54) is 0 Å². The fourth-order valence-electron chi connectivity index (χ4n) is 3.78. The van der Waals surface area contributed by atoms with Crippen LogP contribution in [-0.2, 0) is 7.05 Å². The van der Waals surface area contributed by atoms with E-state index in [1.807, 2.05) is 25.2 Å². The minimum atomic E-state index is -0.261. The van der Waals surface area contributed by atoms with E-state index in [0.717, 1.165) is 43.3 Å². The molecule has 9 nitrogen and oxygen atoms in total. The van der Waals surface area contributed by atoms with Crippen LogP contribution in [0.1, 0.15) is 10.4 Å². The molecule has 1 aliphatic heterocycles. The van der Waals surface area contributed by atoms with Gasteiger partial charge in [-0.3, -0.25) is 9.48 Å². The predicted octanol–water partition coefficient (Wildman–Crippen LogP) is 2.50. The number of amides is 1. The molecule has 0 aliphatic carbocycles. The highest BCUT2D eigenvalue weighted by molar-refractivity contribution is 6.05. The third kappa shape index (κ3) is 4.38. The monoisotopic (exact) mass is 436 g/mol. The molecule has 1 N–H and O–H groups in total. The van der Waals surface area contributed by atoms with Gasteiger partial charge >= 0.3 is 0 Å². The minimum Gasteiger partial charge on any atom is -0.496 e. The second kappa shape index (κ2) is 9.27. The molecule has 1 amide bonds. The largest absolute Gasteiger partial charge is 0.496 e. The molecular weight excluding hydrogens is 408 g/mol. The van der Waals surface area contributed by atoms with E-state index in [1.54, 1.807) is 43.3 Å². The van der Waals surface area contributed by atoms with Crippen LogP contribution in [0.4, 0.5) is 11.5 Å². The van der Waals surface area contributed by atoms with Gasteiger partial charge in [-0.25, -0.2) is 0 Å². The third-order valence-corrected chi connectivity index (χ3v) is 5.67. The zero-order chi connectivity index (χ0) is 22.7. The molecule has 168 valence electrons. The number of nitrogens with zero attached hydrogens (tertiary/aromatic N) is 5. The van der Waals surface area contributed by atoms with Crippen molar-refractivity contribution in [3.8, 4) is 22.9 Å². The first-order valence-corrected chi connectivity index (χ1v) is 10.5. The molecule has 0 radical (unpaired) electrons. The summed E-state index contributed by atoms with van der Waals surface area (Å²) in [5, 5.41) is 7.14. The summed E-state index contributed by atoms with van der Waals surface area (Å²) in [6, 6.07) is 10.9. The number of hydrogen-bond donors (Lipinski definition) is 1. The Morgan fingerprint density at radius 1 is 1.00 bits per heavy atom. The summed E-state index contributed by atoms with van der Waals surface area (Å²) in [5.41, 5.74) is 2.66. The Balaban J connectivity index is 1.57. The maximum absolute atomic E-state index is 13.0. The van der Waals surface area contributed by atoms with Crippen molar-refractivity contribution in [3.05, 3.63) is 48.2 Å². The quantitative estimate of drug-likeness (QED) is 0.636. The highest BCUT2D eigenvalue weighted by Gasteiger charge is 2.19. The molecule has 3 heterocycles. The van der Waals surface area contributed by atoms with Crippen molar-refractivity contribution in [1.29, 1.82) is 0 Å². The topological polar surface area (TPSA) is 84.8 Å². The van der Waals surface area contributed by atoms with Crippen LogP contribution < -0.4 is 19.7 Å². The van der Waals surface area contributed by atoms with Gasteiger partial charge in [0.15, 0.2) is 0 Å². The van der Waals surface area contributed by atoms with Gasteiger partial charge in [-0.15, -0.1) is 0 Å². The van der Waals surface area contributed by atoms with Crippen LogP contribution in [0.2, 0.25) is 0 Å². The second-order valence-corrected chi connectivity index (χ2v) is 7.73. The summed E-state index contributed by atoms with van der Waals surface area (Å²) in [6.07, 6.45) is 1.71. The molecule has 0 saturated carbocycles. The lowest BCUT2D eigenvalue weighted by molar-refractivity contribution is 0.102. The Hall–Kier alpha value is -3.59. The fraction of sp³-hybridized carbons (Fsp3) is 0.348. The molecule has 1 aromatic carbocycles. The van der Waals surface area contributed by atoms with Crippen LogP contribution in [0, 0.1) is 0 Å². The van der Waals surface area contributed by atoms with E-state index in [0.29, 0.717) is 22.9 Å². The lowest BCUT2D eigenvalue weighted by atomic mass is 10.1. The number of methoxy groups -OCH3 is 2. The highest BCUT2D eigenvalue weighted by atomic mass is 16.5. The van der Waals surface area contributed by atoms with E-state index in [2.05, 4.69) is 32.2 Å². The smallest absolute Gasteiger partial charge is 0.255 e. The number of carbonyl (C=O) groups is 1. The standard InChI is InChI=1S/C23H28N6O3/c1-27-11-13-29(14-12-27)21-8-6-18(23(26-21)32-4)25-22(30)16-5-7-20(31-3)17(15-16)19-9-10-24-28(19)2/h5-10,15H,11-14H2,1-4H3,(H,25,30). The van der Waals surface area contributed by atoms with Gasteiger partial charge in [0.1, 0.15) is 17.3 Å². The van der Waals surface area contributed by atoms with E-state index in [9.17, 15) is 4.79 Å². The maximum atomic E-state index is 13.0. The Bertz CT molecular complexity index is 1100. The lowest BCUT2D eigenvalue weighted by Crippen LogP contribution is -2.44. The fourth-order valence-corrected chi connectivity index (χ4v) is 3.78. The molecule has 0 unspecified atom stereocenters. The number of pyridine rings is 1. The van der Waals surface area contributed by atoms with E-state index >= 15 is 0 Å². The number of ether oxygens (including phenoxy) is 2. The van der Waals surface area contributed by atoms with Crippen molar-refractivity contribution in [2.75, 3.05) is 57.7 Å². The van der Waals surface area contributed by atoms with Crippen molar-refractivity contribution in [2.24, 2.45) is 7.05 Å². The van der Waals surface area contributed by atoms with Crippen LogP contribution in [0.5, 0.6) is 11.6 Å². The summed E-state index contributed by atoms with van der Waals surface area (Å²) < 4.78 is 12.7. The molecule has 2 aromatic heterocycles. The van der Waals surface area contributed by atoms with Gasteiger partial charge in [0.25, 0.3) is 5.91 Å². The van der Waals surface area contributed by atoms with Crippen molar-refractivity contribution in [3.63, 3.8) is 0 Å². The summed E-state index contributed by atoms with van der Waals surface area (Å²) in [6.45, 7) is 3.78. The van der Waals surface area contributed by atoms with Gasteiger partial charge in [0.2, 0.25) is 5.88 Å². The molecule has 1 fully saturated rings. The molecule has 1 saturated heterocycles. The molecule has 9 heteroatoms. The van der Waals surface area contributed by atoms with Crippen molar-refractivity contribution < 1.29 is 14.3 Å². The van der Waals surface area contributed by atoms with Crippen LogP contribution >= 0.6 is 0 Å². The number of carbonyl (C=O) groups excluding carboxylic acids is 1. The third-order valence-electron chi connectivity index (χ3n) is 5.67. The van der Waals surface area contributed by atoms with Crippen LogP contribution in [0.25, 0.3) is 11.3 Å². The SMILES string of the molecule is COc1ccc(C(=O)Nc2ccc(N3CCN(C)CC3)nc2OC)cc1-c1ccnn1C. The zero-order valence-electron chi connectivity index (χ0n) is 18.8. The van der Waals surface area contributed by atoms with Gasteiger partial charge in [0, 0.05) is 50.6 Å². The van der Waals surface area contributed by atoms with Crippen LogP contribution in [0.15, 0.2) is 42.6 Å². The van der Waals surface area contributed by atoms with E-state index < -0.39 is 0 Å². The number of anilines is 2. The number of hydrogen-bond acceptors (Lipinski definition) is 7. The van der Waals surface area contributed by atoms with Crippen LogP contribution in [0.3, 0.4) is 0 Å². The maximum Gasteiger partial charge on any atom is 0.255 e. The van der Waals surface area contributed by atoms with E-state index in [-0.39, 0.29) is 5.91 Å². The highest BCUT2D eigenvalue weighted by Crippen LogP contribution is 2.31. The first kappa shape index (κ1) is 21.6. The van der Waals surface area contributed by atoms with Gasteiger partial charge in [-0.05, 0) is 43.4 Å². The van der Waals surface area contributed by atoms with Crippen molar-refractivity contribution >= 4 is 17.4 Å². The molecule has 0 spiro atoms. The lowest BCUT2D eigenvalue weighted by Gasteiger charge is -2.33. The molecule has 1 aliphatic rings. The molecule has 0 bridgehead atoms. The van der Waals surface area contributed by atoms with Crippen molar-refractivity contribution in [2.45, 2.75) is 0 Å². The Morgan fingerprint density at radius 2 is 1.78 bits per heavy atom. The minimum absolute atomic E-state index is 0.261. The summed E-state index contributed by atoms with van der Waals surface area (Å²) in [7, 11) is 7.12. The Morgan fingerprint density at radius 3 is 2.44 bits per heavy atom. The molecule has 3 aromatic rings. The number of piperazine rings is 1. The first-order valence-electron chi connectivity index (χ1n) is 10.5. The van der Waals surface area contributed by atoms with Gasteiger partial charge in [-0.1, -0.05) is 0 Å². The normalized spacial score (nSPS) is 14.3. The summed E-state index contributed by atoms with van der Waals surface area (Å²) in [5.74, 6) is 1.63. The summed E-state index contributed by atoms with van der Waals surface area (Å²) >= 11 is 0. The first-order chi connectivity index (χ1) is 15.5. The van der Waals surface area contributed by atoms with E-state index in [4.69, 9.17) is 9.47 Å². The van der Waals surface area contributed by atoms with Gasteiger partial charge in [-0.2, -0.15) is 10.1 Å². The zero-order valence-corrected chi connectivity index (χ0v) is 18.8. The van der Waals surface area contributed by atoms with Crippen LogP contribution in [-0.4, -0.2) is 73.0 Å². The number of aryl methyl sites for hydroxylation is 1. The Labute approximate surface area is 187 Å². The number of benzene rings is 1. The average Bonchev–Trinajstić information content (AvgIpc) is 3.25. The van der Waals surface area contributed by atoms with Gasteiger partial charge in [0.05, 0.1) is 19.9 Å². The number of nitrogens with one attached hydrogen (secondary N) is 1. The number of aromatic nitrogens is 3. The Kier molecular flexibility index (Phi) is 6.27. The molecule has 4 rings (SSSR count). The van der Waals surface area contributed by atoms with Crippen molar-refractivity contribution in [1.82, 2.24) is 19.7 Å². The molecular formula is C23H28N6O3.